The maximum Gasteiger partial charge on any atom is 0.0103 e. The van der Waals surface area contributed by atoms with Crippen LogP contribution >= 0.6 is 11.8 Å². The first-order valence-corrected chi connectivity index (χ1v) is 6.33. The van der Waals surface area contributed by atoms with Gasteiger partial charge in [-0.2, -0.15) is 0 Å². The van der Waals surface area contributed by atoms with Gasteiger partial charge in [-0.1, -0.05) is 6.07 Å². The van der Waals surface area contributed by atoms with E-state index < -0.39 is 0 Å². The SMILES string of the molecule is NCCSc1ccc2c(c1)CCCC2. The van der Waals surface area contributed by atoms with Gasteiger partial charge in [0.2, 0.25) is 0 Å². The Morgan fingerprint density at radius 2 is 1.93 bits per heavy atom. The molecule has 2 N–H and O–H groups in total. The van der Waals surface area contributed by atoms with Gasteiger partial charge in [0, 0.05) is 17.2 Å². The Bertz CT molecular complexity index is 309. The van der Waals surface area contributed by atoms with Crippen LogP contribution < -0.4 is 5.73 Å². The van der Waals surface area contributed by atoms with E-state index in [2.05, 4.69) is 18.2 Å². The number of thioether (sulfide) groups is 1. The average molecular weight is 207 g/mol. The summed E-state index contributed by atoms with van der Waals surface area (Å²) in [6.45, 7) is 0.766. The van der Waals surface area contributed by atoms with Crippen LogP contribution in [-0.2, 0) is 12.8 Å². The molecule has 76 valence electrons. The first kappa shape index (κ1) is 10.1. The Morgan fingerprint density at radius 1 is 1.14 bits per heavy atom. The van der Waals surface area contributed by atoms with Gasteiger partial charge in [0.25, 0.3) is 0 Å². The molecule has 2 rings (SSSR count). The molecule has 0 aromatic heterocycles. The highest BCUT2D eigenvalue weighted by atomic mass is 32.2. The van der Waals surface area contributed by atoms with Crippen LogP contribution in [0.15, 0.2) is 23.1 Å². The van der Waals surface area contributed by atoms with Crippen LogP contribution in [0.2, 0.25) is 0 Å². The molecule has 1 aliphatic rings. The summed E-state index contributed by atoms with van der Waals surface area (Å²) in [7, 11) is 0. The predicted molar refractivity (Wildman–Crippen MR) is 62.9 cm³/mol. The van der Waals surface area contributed by atoms with Gasteiger partial charge < -0.3 is 5.73 Å². The van der Waals surface area contributed by atoms with Crippen molar-refractivity contribution in [1.82, 2.24) is 0 Å². The second-order valence-electron chi connectivity index (χ2n) is 3.77. The van der Waals surface area contributed by atoms with Gasteiger partial charge in [0.1, 0.15) is 0 Å². The molecule has 2 heteroatoms. The standard InChI is InChI=1S/C12H17NS/c13-7-8-14-12-6-5-10-3-1-2-4-11(10)9-12/h5-6,9H,1-4,7-8,13H2. The molecular formula is C12H17NS. The molecule has 0 heterocycles. The third-order valence-corrected chi connectivity index (χ3v) is 3.73. The highest BCUT2D eigenvalue weighted by Gasteiger charge is 2.09. The fraction of sp³-hybridized carbons (Fsp3) is 0.500. The van der Waals surface area contributed by atoms with Gasteiger partial charge in [-0.25, -0.2) is 0 Å². The lowest BCUT2D eigenvalue weighted by atomic mass is 9.92. The van der Waals surface area contributed by atoms with Crippen LogP contribution in [0.3, 0.4) is 0 Å². The minimum absolute atomic E-state index is 0.766. The number of benzene rings is 1. The predicted octanol–water partition coefficient (Wildman–Crippen LogP) is 2.62. The first-order valence-electron chi connectivity index (χ1n) is 5.35. The minimum Gasteiger partial charge on any atom is -0.330 e. The van der Waals surface area contributed by atoms with Crippen LogP contribution in [0.5, 0.6) is 0 Å². The van der Waals surface area contributed by atoms with Crippen LogP contribution in [0.1, 0.15) is 24.0 Å². The van der Waals surface area contributed by atoms with Crippen molar-refractivity contribution in [2.45, 2.75) is 30.6 Å². The largest absolute Gasteiger partial charge is 0.330 e. The molecule has 0 saturated carbocycles. The molecule has 1 aromatic carbocycles. The first-order chi connectivity index (χ1) is 6.90. The summed E-state index contributed by atoms with van der Waals surface area (Å²) < 4.78 is 0. The van der Waals surface area contributed by atoms with Gasteiger partial charge in [-0.15, -0.1) is 11.8 Å². The van der Waals surface area contributed by atoms with E-state index in [4.69, 9.17) is 5.73 Å². The highest BCUT2D eigenvalue weighted by molar-refractivity contribution is 7.99. The molecule has 14 heavy (non-hydrogen) atoms. The summed E-state index contributed by atoms with van der Waals surface area (Å²) in [5.41, 5.74) is 8.62. The second kappa shape index (κ2) is 4.85. The molecule has 0 saturated heterocycles. The second-order valence-corrected chi connectivity index (χ2v) is 4.94. The van der Waals surface area contributed by atoms with E-state index in [-0.39, 0.29) is 0 Å². The number of hydrogen-bond acceptors (Lipinski definition) is 2. The van der Waals surface area contributed by atoms with Gasteiger partial charge >= 0.3 is 0 Å². The lowest BCUT2D eigenvalue weighted by Crippen LogP contribution is -2.03. The lowest BCUT2D eigenvalue weighted by molar-refractivity contribution is 0.683. The number of fused-ring (bicyclic) bond motifs is 1. The number of rotatable bonds is 3. The topological polar surface area (TPSA) is 26.0 Å². The summed E-state index contributed by atoms with van der Waals surface area (Å²) in [4.78, 5) is 1.39. The van der Waals surface area contributed by atoms with E-state index in [0.29, 0.717) is 0 Å². The Morgan fingerprint density at radius 3 is 2.71 bits per heavy atom. The smallest absolute Gasteiger partial charge is 0.0103 e. The third kappa shape index (κ3) is 2.31. The zero-order valence-electron chi connectivity index (χ0n) is 8.46. The van der Waals surface area contributed by atoms with E-state index in [1.54, 1.807) is 11.1 Å². The normalized spacial score (nSPS) is 15.2. The lowest BCUT2D eigenvalue weighted by Gasteiger charge is -2.16. The molecule has 0 aliphatic heterocycles. The maximum absolute atomic E-state index is 5.49. The van der Waals surface area contributed by atoms with Gasteiger partial charge in [-0.3, -0.25) is 0 Å². The Hall–Kier alpha value is -0.470. The molecule has 1 aromatic rings. The van der Waals surface area contributed by atoms with Crippen molar-refractivity contribution in [2.24, 2.45) is 5.73 Å². The zero-order chi connectivity index (χ0) is 9.80. The minimum atomic E-state index is 0.766. The molecule has 1 aliphatic carbocycles. The quantitative estimate of drug-likeness (QED) is 0.771. The van der Waals surface area contributed by atoms with E-state index in [0.717, 1.165) is 12.3 Å². The molecule has 1 nitrogen and oxygen atoms in total. The van der Waals surface area contributed by atoms with E-state index >= 15 is 0 Å². The van der Waals surface area contributed by atoms with E-state index in [9.17, 15) is 0 Å². The van der Waals surface area contributed by atoms with Gasteiger partial charge in [-0.05, 0) is 48.9 Å². The Labute approximate surface area is 90.1 Å². The average Bonchev–Trinajstić information content (AvgIpc) is 2.26. The fourth-order valence-corrected chi connectivity index (χ4v) is 2.72. The summed E-state index contributed by atoms with van der Waals surface area (Å²) in [5.74, 6) is 1.03. The van der Waals surface area contributed by atoms with Crippen molar-refractivity contribution in [3.8, 4) is 0 Å². The van der Waals surface area contributed by atoms with Crippen molar-refractivity contribution < 1.29 is 0 Å². The van der Waals surface area contributed by atoms with Crippen molar-refractivity contribution in [3.63, 3.8) is 0 Å². The van der Waals surface area contributed by atoms with Crippen LogP contribution in [0.25, 0.3) is 0 Å². The van der Waals surface area contributed by atoms with E-state index in [1.807, 2.05) is 11.8 Å². The Balaban J connectivity index is 2.12. The monoisotopic (exact) mass is 207 g/mol. The van der Waals surface area contributed by atoms with Gasteiger partial charge in [0.05, 0.1) is 0 Å². The van der Waals surface area contributed by atoms with Crippen LogP contribution in [-0.4, -0.2) is 12.3 Å². The van der Waals surface area contributed by atoms with Crippen molar-refractivity contribution in [1.29, 1.82) is 0 Å². The highest BCUT2D eigenvalue weighted by Crippen LogP contribution is 2.26. The maximum atomic E-state index is 5.49. The zero-order valence-corrected chi connectivity index (χ0v) is 9.28. The number of hydrogen-bond donors (Lipinski definition) is 1. The summed E-state index contributed by atoms with van der Waals surface area (Å²) in [5, 5.41) is 0. The molecule has 0 bridgehead atoms. The molecule has 0 amide bonds. The number of aryl methyl sites for hydroxylation is 2. The van der Waals surface area contributed by atoms with Crippen molar-refractivity contribution >= 4 is 11.8 Å². The Kier molecular flexibility index (Phi) is 3.49. The van der Waals surface area contributed by atoms with Crippen molar-refractivity contribution in [2.75, 3.05) is 12.3 Å². The van der Waals surface area contributed by atoms with Crippen LogP contribution in [0.4, 0.5) is 0 Å². The molecule has 0 atom stereocenters. The van der Waals surface area contributed by atoms with Crippen molar-refractivity contribution in [3.05, 3.63) is 29.3 Å². The van der Waals surface area contributed by atoms with E-state index in [1.165, 1.54) is 30.6 Å². The molecule has 0 spiro atoms. The summed E-state index contributed by atoms with van der Waals surface area (Å²) in [6, 6.07) is 6.90. The fourth-order valence-electron chi connectivity index (χ4n) is 1.98. The third-order valence-electron chi connectivity index (χ3n) is 2.71. The summed E-state index contributed by atoms with van der Waals surface area (Å²) in [6.07, 6.45) is 5.27. The molecule has 0 fully saturated rings. The molecule has 0 radical (unpaired) electrons. The van der Waals surface area contributed by atoms with Gasteiger partial charge in [0.15, 0.2) is 0 Å². The summed E-state index contributed by atoms with van der Waals surface area (Å²) >= 11 is 1.87. The number of nitrogens with two attached hydrogens (primary N) is 1. The molecule has 0 unspecified atom stereocenters. The molecular weight excluding hydrogens is 190 g/mol. The van der Waals surface area contributed by atoms with Crippen LogP contribution in [0, 0.1) is 0 Å².